The standard InChI is InChI=1S/C31H51N7O2/c1-31(9-3-10-31)20-5-6-23-24(15-20)36-26(35-23)7-4-18-12-21(13-18)37(2)16-19-14-25(28(40)27(19)39)38-11-8-22-29(32)33-17-34-30(22)38/h5-6,15,18-19,21-22,25-30,33-36,39-40H,3-4,7-14,16-17,32H2,1-2H3/t18?,19-,21?,22?,25-,26?,27-,28+,29?,30?/m1/s1. The number of anilines is 2. The summed E-state index contributed by atoms with van der Waals surface area (Å²) in [6, 6.07) is 7.56. The Labute approximate surface area is 239 Å². The molecule has 2 saturated heterocycles. The second-order valence-electron chi connectivity index (χ2n) is 14.3. The molecule has 0 amide bonds. The van der Waals surface area contributed by atoms with Gasteiger partial charge in [-0.15, -0.1) is 0 Å². The van der Waals surface area contributed by atoms with Crippen LogP contribution in [0.4, 0.5) is 11.4 Å². The minimum absolute atomic E-state index is 0.00136. The number of likely N-dealkylation sites (tertiary alicyclic amines) is 1. The number of hydrogen-bond donors (Lipinski definition) is 7. The Hall–Kier alpha value is -1.46. The quantitative estimate of drug-likeness (QED) is 0.259. The molecule has 0 radical (unpaired) electrons. The molecule has 40 heavy (non-hydrogen) atoms. The van der Waals surface area contributed by atoms with Crippen LogP contribution in [0.5, 0.6) is 0 Å². The van der Waals surface area contributed by atoms with E-state index in [2.05, 4.69) is 63.2 Å². The van der Waals surface area contributed by atoms with Crippen molar-refractivity contribution in [1.29, 1.82) is 0 Å². The average Bonchev–Trinajstić information content (AvgIpc) is 3.58. The summed E-state index contributed by atoms with van der Waals surface area (Å²) in [6.07, 6.45) is 9.86. The highest BCUT2D eigenvalue weighted by Gasteiger charge is 2.51. The van der Waals surface area contributed by atoms with Gasteiger partial charge in [-0.05, 0) is 87.4 Å². The van der Waals surface area contributed by atoms with Gasteiger partial charge in [-0.1, -0.05) is 19.4 Å². The Morgan fingerprint density at radius 2 is 1.85 bits per heavy atom. The molecule has 0 bridgehead atoms. The van der Waals surface area contributed by atoms with E-state index in [0.717, 1.165) is 38.3 Å². The van der Waals surface area contributed by atoms with Crippen molar-refractivity contribution in [2.45, 2.75) is 113 Å². The van der Waals surface area contributed by atoms with Crippen molar-refractivity contribution in [2.75, 3.05) is 37.4 Å². The zero-order chi connectivity index (χ0) is 27.6. The number of benzene rings is 1. The number of nitrogens with zero attached hydrogens (tertiary/aromatic N) is 2. The molecular formula is C31H51N7O2. The molecule has 3 aliphatic heterocycles. The Balaban J connectivity index is 0.854. The molecule has 5 fully saturated rings. The lowest BCUT2D eigenvalue weighted by Crippen LogP contribution is -2.64. The Bertz CT molecular complexity index is 1060. The van der Waals surface area contributed by atoms with Crippen molar-refractivity contribution < 1.29 is 10.2 Å². The molecule has 0 aromatic heterocycles. The molecule has 8 N–H and O–H groups in total. The summed E-state index contributed by atoms with van der Waals surface area (Å²) in [5.74, 6) is 1.23. The number of rotatable bonds is 8. The zero-order valence-corrected chi connectivity index (χ0v) is 24.4. The van der Waals surface area contributed by atoms with E-state index >= 15 is 0 Å². The van der Waals surface area contributed by atoms with Crippen LogP contribution in [0.3, 0.4) is 0 Å². The molecule has 0 spiro atoms. The summed E-state index contributed by atoms with van der Waals surface area (Å²) < 4.78 is 0. The molecule has 7 rings (SSSR count). The number of nitrogens with two attached hydrogens (primary N) is 1. The second kappa shape index (κ2) is 10.7. The fourth-order valence-electron chi connectivity index (χ4n) is 8.83. The third-order valence-corrected chi connectivity index (χ3v) is 11.8. The first-order valence-corrected chi connectivity index (χ1v) is 16.0. The van der Waals surface area contributed by atoms with Crippen molar-refractivity contribution in [3.05, 3.63) is 23.8 Å². The van der Waals surface area contributed by atoms with Gasteiger partial charge < -0.3 is 31.5 Å². The molecule has 4 unspecified atom stereocenters. The molecular weight excluding hydrogens is 502 g/mol. The van der Waals surface area contributed by atoms with E-state index in [9.17, 15) is 10.2 Å². The highest BCUT2D eigenvalue weighted by atomic mass is 16.3. The van der Waals surface area contributed by atoms with Gasteiger partial charge in [-0.3, -0.25) is 15.5 Å². The summed E-state index contributed by atoms with van der Waals surface area (Å²) in [6.45, 7) is 4.88. The van der Waals surface area contributed by atoms with Gasteiger partial charge in [0.15, 0.2) is 0 Å². The smallest absolute Gasteiger partial charge is 0.0964 e. The summed E-state index contributed by atoms with van der Waals surface area (Å²) in [5, 5.41) is 36.3. The van der Waals surface area contributed by atoms with Gasteiger partial charge in [0.2, 0.25) is 0 Å². The molecule has 8 atom stereocenters. The van der Waals surface area contributed by atoms with Crippen LogP contribution in [0.2, 0.25) is 0 Å². The van der Waals surface area contributed by atoms with Gasteiger partial charge in [0.05, 0.1) is 42.1 Å². The SMILES string of the molecule is CN(C[C@H]1C[C@@H](N2CCC3C(N)NCNC32)[C@H](O)[C@@H]1O)C1CC(CCC2Nc3ccc(C4(C)CCC4)cc3N2)C1. The molecule has 3 heterocycles. The van der Waals surface area contributed by atoms with E-state index in [4.69, 9.17) is 5.73 Å². The van der Waals surface area contributed by atoms with Crippen LogP contribution in [-0.2, 0) is 5.41 Å². The number of hydrogen-bond acceptors (Lipinski definition) is 9. The third kappa shape index (κ3) is 4.85. The van der Waals surface area contributed by atoms with Crippen LogP contribution in [0.1, 0.15) is 70.3 Å². The first kappa shape index (κ1) is 27.4. The summed E-state index contributed by atoms with van der Waals surface area (Å²) in [5.41, 5.74) is 10.7. The van der Waals surface area contributed by atoms with Crippen LogP contribution in [-0.4, -0.2) is 89.6 Å². The van der Waals surface area contributed by atoms with E-state index in [1.165, 1.54) is 55.5 Å². The van der Waals surface area contributed by atoms with Crippen molar-refractivity contribution in [3.8, 4) is 0 Å². The van der Waals surface area contributed by atoms with E-state index in [1.807, 2.05) is 0 Å². The molecule has 1 aromatic carbocycles. The van der Waals surface area contributed by atoms with Crippen molar-refractivity contribution in [1.82, 2.24) is 20.4 Å². The van der Waals surface area contributed by atoms with Gasteiger partial charge >= 0.3 is 0 Å². The number of nitrogens with one attached hydrogen (secondary N) is 4. The van der Waals surface area contributed by atoms with Crippen molar-refractivity contribution >= 4 is 11.4 Å². The molecule has 1 aromatic rings. The van der Waals surface area contributed by atoms with Crippen LogP contribution in [0.15, 0.2) is 18.2 Å². The maximum absolute atomic E-state index is 11.0. The van der Waals surface area contributed by atoms with Crippen LogP contribution in [0, 0.1) is 17.8 Å². The van der Waals surface area contributed by atoms with Crippen LogP contribution in [0.25, 0.3) is 0 Å². The lowest BCUT2D eigenvalue weighted by atomic mass is 9.66. The predicted molar refractivity (Wildman–Crippen MR) is 159 cm³/mol. The minimum atomic E-state index is -0.692. The maximum atomic E-state index is 11.0. The van der Waals surface area contributed by atoms with Crippen molar-refractivity contribution in [2.24, 2.45) is 23.5 Å². The Morgan fingerprint density at radius 1 is 1.05 bits per heavy atom. The van der Waals surface area contributed by atoms with Gasteiger partial charge in [0.1, 0.15) is 0 Å². The monoisotopic (exact) mass is 553 g/mol. The van der Waals surface area contributed by atoms with E-state index < -0.39 is 12.2 Å². The van der Waals surface area contributed by atoms with Crippen LogP contribution >= 0.6 is 0 Å². The normalized spacial score (nSPS) is 42.0. The molecule has 3 aliphatic carbocycles. The fourth-order valence-corrected chi connectivity index (χ4v) is 8.83. The number of aliphatic hydroxyl groups is 2. The molecule has 6 aliphatic rings. The van der Waals surface area contributed by atoms with Gasteiger partial charge in [0.25, 0.3) is 0 Å². The zero-order valence-electron chi connectivity index (χ0n) is 24.4. The van der Waals surface area contributed by atoms with Gasteiger partial charge in [-0.25, -0.2) is 0 Å². The summed E-state index contributed by atoms with van der Waals surface area (Å²) >= 11 is 0. The first-order chi connectivity index (χ1) is 19.3. The highest BCUT2D eigenvalue weighted by Crippen LogP contribution is 2.46. The Morgan fingerprint density at radius 3 is 2.62 bits per heavy atom. The molecule has 222 valence electrons. The van der Waals surface area contributed by atoms with Crippen molar-refractivity contribution in [3.63, 3.8) is 0 Å². The molecule has 9 heteroatoms. The average molecular weight is 554 g/mol. The highest BCUT2D eigenvalue weighted by molar-refractivity contribution is 5.75. The number of fused-ring (bicyclic) bond motifs is 2. The largest absolute Gasteiger partial charge is 0.390 e. The summed E-state index contributed by atoms with van der Waals surface area (Å²) in [4.78, 5) is 4.84. The second-order valence-corrected chi connectivity index (χ2v) is 14.3. The predicted octanol–water partition coefficient (Wildman–Crippen LogP) is 1.98. The topological polar surface area (TPSA) is 121 Å². The molecule has 9 nitrogen and oxygen atoms in total. The van der Waals surface area contributed by atoms with E-state index in [-0.39, 0.29) is 24.3 Å². The van der Waals surface area contributed by atoms with E-state index in [0.29, 0.717) is 30.2 Å². The maximum Gasteiger partial charge on any atom is 0.0964 e. The Kier molecular flexibility index (Phi) is 7.30. The van der Waals surface area contributed by atoms with E-state index in [1.54, 1.807) is 0 Å². The van der Waals surface area contributed by atoms with Gasteiger partial charge in [0, 0.05) is 43.7 Å². The lowest BCUT2D eigenvalue weighted by molar-refractivity contribution is -0.0279. The lowest BCUT2D eigenvalue weighted by Gasteiger charge is -2.43. The van der Waals surface area contributed by atoms with Crippen LogP contribution < -0.4 is 27.0 Å². The first-order valence-electron chi connectivity index (χ1n) is 16.0. The molecule has 3 saturated carbocycles. The third-order valence-electron chi connectivity index (χ3n) is 11.8. The fraction of sp³-hybridized carbons (Fsp3) is 0.806. The minimum Gasteiger partial charge on any atom is -0.390 e. The number of aliphatic hydroxyl groups excluding tert-OH is 2. The summed E-state index contributed by atoms with van der Waals surface area (Å²) in [7, 11) is 2.21. The van der Waals surface area contributed by atoms with Gasteiger partial charge in [-0.2, -0.15) is 0 Å².